The van der Waals surface area contributed by atoms with Crippen molar-refractivity contribution < 1.29 is 4.79 Å². The highest BCUT2D eigenvalue weighted by molar-refractivity contribution is 5.78. The molecule has 1 unspecified atom stereocenters. The number of amides is 1. The predicted octanol–water partition coefficient (Wildman–Crippen LogP) is 2.46. The van der Waals surface area contributed by atoms with Gasteiger partial charge in [0.25, 0.3) is 0 Å². The summed E-state index contributed by atoms with van der Waals surface area (Å²) in [5, 5.41) is 6.59. The first kappa shape index (κ1) is 13.9. The zero-order valence-corrected chi connectivity index (χ0v) is 11.5. The van der Waals surface area contributed by atoms with Crippen molar-refractivity contribution in [2.75, 3.05) is 19.6 Å². The summed E-state index contributed by atoms with van der Waals surface area (Å²) in [5.41, 5.74) is 0. The monoisotopic (exact) mass is 252 g/mol. The van der Waals surface area contributed by atoms with Crippen molar-refractivity contribution >= 4 is 5.91 Å². The summed E-state index contributed by atoms with van der Waals surface area (Å²) in [6.07, 6.45) is 11.1. The van der Waals surface area contributed by atoms with E-state index in [-0.39, 0.29) is 0 Å². The molecule has 0 aromatic carbocycles. The van der Waals surface area contributed by atoms with Crippen molar-refractivity contribution in [3.05, 3.63) is 0 Å². The van der Waals surface area contributed by atoms with Gasteiger partial charge in [0, 0.05) is 12.5 Å². The van der Waals surface area contributed by atoms with E-state index < -0.39 is 0 Å². The molecule has 0 bridgehead atoms. The van der Waals surface area contributed by atoms with E-state index in [1.165, 1.54) is 45.1 Å². The Kier molecular flexibility index (Phi) is 5.98. The molecule has 2 rings (SSSR count). The van der Waals surface area contributed by atoms with Gasteiger partial charge in [0.05, 0.1) is 0 Å². The number of carbonyl (C=O) groups excluding carboxylic acids is 1. The molecule has 0 aromatic heterocycles. The molecule has 1 aliphatic carbocycles. The Hall–Kier alpha value is -0.570. The summed E-state index contributed by atoms with van der Waals surface area (Å²) >= 11 is 0. The normalized spacial score (nSPS) is 26.6. The van der Waals surface area contributed by atoms with E-state index in [1.807, 2.05) is 0 Å². The van der Waals surface area contributed by atoms with Gasteiger partial charge in [-0.05, 0) is 51.1 Å². The highest BCUT2D eigenvalue weighted by Crippen LogP contribution is 2.23. The molecule has 1 heterocycles. The van der Waals surface area contributed by atoms with Crippen LogP contribution in [-0.2, 0) is 4.79 Å². The van der Waals surface area contributed by atoms with E-state index >= 15 is 0 Å². The molecule has 2 aliphatic rings. The molecular formula is C15H28N2O. The van der Waals surface area contributed by atoms with Crippen LogP contribution in [-0.4, -0.2) is 25.5 Å². The Morgan fingerprint density at radius 2 is 1.83 bits per heavy atom. The fourth-order valence-electron chi connectivity index (χ4n) is 3.26. The summed E-state index contributed by atoms with van der Waals surface area (Å²) in [4.78, 5) is 12.1. The van der Waals surface area contributed by atoms with Crippen molar-refractivity contribution in [1.29, 1.82) is 0 Å². The summed E-state index contributed by atoms with van der Waals surface area (Å²) in [6, 6.07) is 0. The molecule has 18 heavy (non-hydrogen) atoms. The van der Waals surface area contributed by atoms with Crippen LogP contribution in [0.3, 0.4) is 0 Å². The van der Waals surface area contributed by atoms with Crippen LogP contribution in [0.25, 0.3) is 0 Å². The minimum absolute atomic E-state index is 0.303. The molecule has 3 heteroatoms. The molecule has 0 radical (unpaired) electrons. The molecule has 0 spiro atoms. The minimum Gasteiger partial charge on any atom is -0.356 e. The molecular weight excluding hydrogens is 224 g/mol. The van der Waals surface area contributed by atoms with Gasteiger partial charge in [0.1, 0.15) is 0 Å². The minimum atomic E-state index is 0.303. The van der Waals surface area contributed by atoms with Crippen LogP contribution in [0.1, 0.15) is 57.8 Å². The fraction of sp³-hybridized carbons (Fsp3) is 0.933. The largest absolute Gasteiger partial charge is 0.356 e. The van der Waals surface area contributed by atoms with E-state index in [0.29, 0.717) is 11.8 Å². The quantitative estimate of drug-likeness (QED) is 0.755. The van der Waals surface area contributed by atoms with E-state index in [4.69, 9.17) is 0 Å². The number of rotatable bonds is 4. The second-order valence-electron chi connectivity index (χ2n) is 5.98. The molecule has 1 aliphatic heterocycles. The average molecular weight is 252 g/mol. The molecule has 1 saturated carbocycles. The van der Waals surface area contributed by atoms with Gasteiger partial charge in [-0.3, -0.25) is 4.79 Å². The van der Waals surface area contributed by atoms with Gasteiger partial charge in [0.15, 0.2) is 0 Å². The second kappa shape index (κ2) is 7.78. The number of hydrogen-bond acceptors (Lipinski definition) is 2. The molecule has 1 atom stereocenters. The average Bonchev–Trinajstić information content (AvgIpc) is 2.69. The van der Waals surface area contributed by atoms with E-state index in [1.54, 1.807) is 0 Å². The maximum absolute atomic E-state index is 12.1. The lowest BCUT2D eigenvalue weighted by atomic mass is 9.95. The maximum atomic E-state index is 12.1. The van der Waals surface area contributed by atoms with E-state index in [0.717, 1.165) is 38.3 Å². The Morgan fingerprint density at radius 3 is 2.50 bits per heavy atom. The van der Waals surface area contributed by atoms with Crippen LogP contribution >= 0.6 is 0 Å². The van der Waals surface area contributed by atoms with Gasteiger partial charge >= 0.3 is 0 Å². The lowest BCUT2D eigenvalue weighted by Gasteiger charge is -2.23. The highest BCUT2D eigenvalue weighted by atomic mass is 16.1. The molecule has 104 valence electrons. The van der Waals surface area contributed by atoms with Gasteiger partial charge < -0.3 is 10.6 Å². The standard InChI is InChI=1S/C15H28N2O/c18-15(14-7-3-1-2-4-8-14)17-11-9-13-6-5-10-16-12-13/h13-14,16H,1-12H2,(H,17,18). The third kappa shape index (κ3) is 4.60. The van der Waals surface area contributed by atoms with E-state index in [2.05, 4.69) is 10.6 Å². The number of hydrogen-bond donors (Lipinski definition) is 2. The van der Waals surface area contributed by atoms with Crippen LogP contribution in [0.5, 0.6) is 0 Å². The number of nitrogens with one attached hydrogen (secondary N) is 2. The Bertz CT molecular complexity index is 241. The van der Waals surface area contributed by atoms with Crippen molar-refractivity contribution in [2.45, 2.75) is 57.8 Å². The van der Waals surface area contributed by atoms with Gasteiger partial charge in [-0.25, -0.2) is 0 Å². The SMILES string of the molecule is O=C(NCCC1CCCNC1)C1CCCCCC1. The Balaban J connectivity index is 1.61. The van der Waals surface area contributed by atoms with Gasteiger partial charge in [-0.2, -0.15) is 0 Å². The zero-order chi connectivity index (χ0) is 12.6. The molecule has 1 saturated heterocycles. The summed E-state index contributed by atoms with van der Waals surface area (Å²) in [5.74, 6) is 1.39. The van der Waals surface area contributed by atoms with Crippen LogP contribution in [0.15, 0.2) is 0 Å². The van der Waals surface area contributed by atoms with Gasteiger partial charge in [-0.1, -0.05) is 25.7 Å². The van der Waals surface area contributed by atoms with Crippen LogP contribution < -0.4 is 10.6 Å². The smallest absolute Gasteiger partial charge is 0.223 e. The van der Waals surface area contributed by atoms with Crippen molar-refractivity contribution in [2.24, 2.45) is 11.8 Å². The van der Waals surface area contributed by atoms with Crippen molar-refractivity contribution in [3.8, 4) is 0 Å². The maximum Gasteiger partial charge on any atom is 0.223 e. The third-order valence-electron chi connectivity index (χ3n) is 4.48. The summed E-state index contributed by atoms with van der Waals surface area (Å²) in [7, 11) is 0. The number of carbonyl (C=O) groups is 1. The molecule has 2 N–H and O–H groups in total. The lowest BCUT2D eigenvalue weighted by molar-refractivity contribution is -0.125. The van der Waals surface area contributed by atoms with Crippen LogP contribution in [0, 0.1) is 11.8 Å². The van der Waals surface area contributed by atoms with Crippen molar-refractivity contribution in [1.82, 2.24) is 10.6 Å². The fourth-order valence-corrected chi connectivity index (χ4v) is 3.26. The topological polar surface area (TPSA) is 41.1 Å². The highest BCUT2D eigenvalue weighted by Gasteiger charge is 2.20. The Labute approximate surface area is 111 Å². The van der Waals surface area contributed by atoms with E-state index in [9.17, 15) is 4.79 Å². The molecule has 0 aromatic rings. The lowest BCUT2D eigenvalue weighted by Crippen LogP contribution is -2.35. The third-order valence-corrected chi connectivity index (χ3v) is 4.48. The first-order valence-electron chi connectivity index (χ1n) is 7.84. The number of piperidine rings is 1. The first-order valence-corrected chi connectivity index (χ1v) is 7.84. The van der Waals surface area contributed by atoms with Crippen LogP contribution in [0.4, 0.5) is 0 Å². The molecule has 1 amide bonds. The van der Waals surface area contributed by atoms with Crippen LogP contribution in [0.2, 0.25) is 0 Å². The molecule has 3 nitrogen and oxygen atoms in total. The predicted molar refractivity (Wildman–Crippen MR) is 74.4 cm³/mol. The first-order chi connectivity index (χ1) is 8.86. The zero-order valence-electron chi connectivity index (χ0n) is 11.5. The summed E-state index contributed by atoms with van der Waals surface area (Å²) < 4.78 is 0. The summed E-state index contributed by atoms with van der Waals surface area (Å²) in [6.45, 7) is 3.19. The van der Waals surface area contributed by atoms with Gasteiger partial charge in [-0.15, -0.1) is 0 Å². The molecule has 2 fully saturated rings. The second-order valence-corrected chi connectivity index (χ2v) is 5.98. The Morgan fingerprint density at radius 1 is 1.06 bits per heavy atom. The van der Waals surface area contributed by atoms with Crippen molar-refractivity contribution in [3.63, 3.8) is 0 Å². The van der Waals surface area contributed by atoms with Gasteiger partial charge in [0.2, 0.25) is 5.91 Å².